The standard InChI is InChI=1S/C18H22N4O/c1-4-20-15-10-12(3)14(11-16(15)21(5-2)18(20)23)22-9-8-19-17(22)13-6-7-13/h8-11,13H,4-7H2,1-3H3. The fraction of sp³-hybridized carbons (Fsp3) is 0.444. The van der Waals surface area contributed by atoms with Crippen LogP contribution in [0.4, 0.5) is 0 Å². The first kappa shape index (κ1) is 14.3. The van der Waals surface area contributed by atoms with Crippen LogP contribution in [0.3, 0.4) is 0 Å². The van der Waals surface area contributed by atoms with E-state index in [9.17, 15) is 4.79 Å². The van der Waals surface area contributed by atoms with Crippen molar-refractivity contribution in [2.75, 3.05) is 0 Å². The Bertz CT molecular complexity index is 940. The topological polar surface area (TPSA) is 44.8 Å². The number of rotatable bonds is 4. The molecule has 0 unspecified atom stereocenters. The molecule has 2 aromatic heterocycles. The third-order valence-electron chi connectivity index (χ3n) is 4.84. The van der Waals surface area contributed by atoms with Gasteiger partial charge < -0.3 is 4.57 Å². The van der Waals surface area contributed by atoms with Crippen molar-refractivity contribution in [1.82, 2.24) is 18.7 Å². The van der Waals surface area contributed by atoms with Gasteiger partial charge in [-0.15, -0.1) is 0 Å². The lowest BCUT2D eigenvalue weighted by molar-refractivity contribution is 0.670. The van der Waals surface area contributed by atoms with E-state index in [0.29, 0.717) is 19.0 Å². The van der Waals surface area contributed by atoms with E-state index in [4.69, 9.17) is 0 Å². The van der Waals surface area contributed by atoms with Crippen LogP contribution in [-0.4, -0.2) is 18.7 Å². The number of nitrogens with zero attached hydrogens (tertiary/aromatic N) is 4. The number of hydrogen-bond acceptors (Lipinski definition) is 2. The number of aromatic nitrogens is 4. The SMILES string of the molecule is CCn1c(=O)n(CC)c2cc(-n3ccnc3C3CC3)c(C)cc21. The zero-order valence-corrected chi connectivity index (χ0v) is 13.9. The van der Waals surface area contributed by atoms with Gasteiger partial charge >= 0.3 is 5.69 Å². The molecule has 0 spiro atoms. The van der Waals surface area contributed by atoms with E-state index >= 15 is 0 Å². The second-order valence-electron chi connectivity index (χ2n) is 6.33. The quantitative estimate of drug-likeness (QED) is 0.743. The molecule has 0 atom stereocenters. The monoisotopic (exact) mass is 310 g/mol. The largest absolute Gasteiger partial charge is 0.329 e. The van der Waals surface area contributed by atoms with Crippen LogP contribution in [-0.2, 0) is 13.1 Å². The molecular weight excluding hydrogens is 288 g/mol. The van der Waals surface area contributed by atoms with Crippen LogP contribution >= 0.6 is 0 Å². The average molecular weight is 310 g/mol. The number of benzene rings is 1. The van der Waals surface area contributed by atoms with Crippen molar-refractivity contribution in [3.8, 4) is 5.69 Å². The van der Waals surface area contributed by atoms with Gasteiger partial charge in [0.05, 0.1) is 16.7 Å². The van der Waals surface area contributed by atoms with Gasteiger partial charge in [0.25, 0.3) is 0 Å². The van der Waals surface area contributed by atoms with Gasteiger partial charge in [-0.2, -0.15) is 0 Å². The molecule has 0 amide bonds. The van der Waals surface area contributed by atoms with Gasteiger partial charge in [0.15, 0.2) is 0 Å². The zero-order chi connectivity index (χ0) is 16.1. The molecule has 1 saturated carbocycles. The van der Waals surface area contributed by atoms with Gasteiger partial charge in [-0.05, 0) is 51.3 Å². The molecular formula is C18H22N4O. The van der Waals surface area contributed by atoms with Gasteiger partial charge in [0, 0.05) is 31.4 Å². The van der Waals surface area contributed by atoms with E-state index in [1.54, 1.807) is 0 Å². The lowest BCUT2D eigenvalue weighted by Crippen LogP contribution is -2.23. The van der Waals surface area contributed by atoms with Crippen LogP contribution < -0.4 is 5.69 Å². The highest BCUT2D eigenvalue weighted by molar-refractivity contribution is 5.80. The van der Waals surface area contributed by atoms with Crippen molar-refractivity contribution in [2.24, 2.45) is 0 Å². The second kappa shape index (κ2) is 5.11. The summed E-state index contributed by atoms with van der Waals surface area (Å²) in [7, 11) is 0. The molecule has 3 aromatic rings. The van der Waals surface area contributed by atoms with E-state index in [-0.39, 0.29) is 5.69 Å². The van der Waals surface area contributed by atoms with Gasteiger partial charge in [-0.3, -0.25) is 9.13 Å². The molecule has 5 nitrogen and oxygen atoms in total. The summed E-state index contributed by atoms with van der Waals surface area (Å²) in [5, 5.41) is 0. The predicted molar refractivity (Wildman–Crippen MR) is 91.4 cm³/mol. The Hall–Kier alpha value is -2.30. The van der Waals surface area contributed by atoms with Gasteiger partial charge in [-0.25, -0.2) is 9.78 Å². The Morgan fingerprint density at radius 3 is 2.39 bits per heavy atom. The van der Waals surface area contributed by atoms with Crippen LogP contribution in [0, 0.1) is 6.92 Å². The smallest absolute Gasteiger partial charge is 0.303 e. The van der Waals surface area contributed by atoms with E-state index in [2.05, 4.69) is 28.6 Å². The fourth-order valence-corrected chi connectivity index (χ4v) is 3.49. The summed E-state index contributed by atoms with van der Waals surface area (Å²) in [6.45, 7) is 7.53. The molecule has 1 aromatic carbocycles. The Kier molecular flexibility index (Phi) is 3.18. The van der Waals surface area contributed by atoms with Crippen molar-refractivity contribution in [1.29, 1.82) is 0 Å². The molecule has 0 aliphatic heterocycles. The molecule has 0 N–H and O–H groups in total. The Labute approximate surface area is 135 Å². The Balaban J connectivity index is 2.00. The van der Waals surface area contributed by atoms with Gasteiger partial charge in [0.1, 0.15) is 5.82 Å². The summed E-state index contributed by atoms with van der Waals surface area (Å²) >= 11 is 0. The minimum atomic E-state index is 0.0783. The highest BCUT2D eigenvalue weighted by Gasteiger charge is 2.28. The molecule has 1 aliphatic rings. The van der Waals surface area contributed by atoms with Crippen LogP contribution in [0.5, 0.6) is 0 Å². The van der Waals surface area contributed by atoms with Gasteiger partial charge in [0.2, 0.25) is 0 Å². The summed E-state index contributed by atoms with van der Waals surface area (Å²) in [5.74, 6) is 1.74. The first-order chi connectivity index (χ1) is 11.2. The lowest BCUT2D eigenvalue weighted by atomic mass is 10.1. The summed E-state index contributed by atoms with van der Waals surface area (Å²) in [6, 6.07) is 4.29. The molecule has 1 fully saturated rings. The molecule has 0 bridgehead atoms. The maximum Gasteiger partial charge on any atom is 0.329 e. The normalized spacial score (nSPS) is 14.7. The maximum atomic E-state index is 12.6. The highest BCUT2D eigenvalue weighted by Crippen LogP contribution is 2.40. The molecule has 0 saturated heterocycles. The third-order valence-corrected chi connectivity index (χ3v) is 4.84. The first-order valence-electron chi connectivity index (χ1n) is 8.43. The van der Waals surface area contributed by atoms with E-state index in [1.807, 2.05) is 35.4 Å². The molecule has 0 radical (unpaired) electrons. The molecule has 5 heteroatoms. The highest BCUT2D eigenvalue weighted by atomic mass is 16.1. The first-order valence-corrected chi connectivity index (χ1v) is 8.43. The van der Waals surface area contributed by atoms with Gasteiger partial charge in [-0.1, -0.05) is 0 Å². The summed E-state index contributed by atoms with van der Waals surface area (Å²) in [6.07, 6.45) is 6.36. The number of aryl methyl sites for hydroxylation is 3. The van der Waals surface area contributed by atoms with Crippen molar-refractivity contribution >= 4 is 11.0 Å². The molecule has 23 heavy (non-hydrogen) atoms. The maximum absolute atomic E-state index is 12.6. The fourth-order valence-electron chi connectivity index (χ4n) is 3.49. The summed E-state index contributed by atoms with van der Waals surface area (Å²) in [5.41, 5.74) is 4.42. The molecule has 2 heterocycles. The van der Waals surface area contributed by atoms with Crippen LogP contribution in [0.15, 0.2) is 29.3 Å². The number of fused-ring (bicyclic) bond motifs is 1. The molecule has 4 rings (SSSR count). The van der Waals surface area contributed by atoms with Crippen LogP contribution in [0.2, 0.25) is 0 Å². The number of imidazole rings is 2. The second-order valence-corrected chi connectivity index (χ2v) is 6.33. The lowest BCUT2D eigenvalue weighted by Gasteiger charge is -2.12. The van der Waals surface area contributed by atoms with Crippen LogP contribution in [0.25, 0.3) is 16.7 Å². The third kappa shape index (κ3) is 2.06. The van der Waals surface area contributed by atoms with E-state index < -0.39 is 0 Å². The molecule has 120 valence electrons. The average Bonchev–Trinajstić information content (AvgIpc) is 3.21. The summed E-state index contributed by atoms with van der Waals surface area (Å²) in [4.78, 5) is 17.1. The van der Waals surface area contributed by atoms with Crippen molar-refractivity contribution in [3.05, 3.63) is 46.4 Å². The van der Waals surface area contributed by atoms with Crippen molar-refractivity contribution in [3.63, 3.8) is 0 Å². The minimum absolute atomic E-state index is 0.0783. The van der Waals surface area contributed by atoms with E-state index in [1.165, 1.54) is 18.4 Å². The van der Waals surface area contributed by atoms with E-state index in [0.717, 1.165) is 22.5 Å². The van der Waals surface area contributed by atoms with Crippen molar-refractivity contribution in [2.45, 2.75) is 52.6 Å². The molecule has 1 aliphatic carbocycles. The van der Waals surface area contributed by atoms with Crippen molar-refractivity contribution < 1.29 is 0 Å². The Morgan fingerprint density at radius 2 is 1.78 bits per heavy atom. The number of hydrogen-bond donors (Lipinski definition) is 0. The zero-order valence-electron chi connectivity index (χ0n) is 13.9. The van der Waals surface area contributed by atoms with Crippen LogP contribution in [0.1, 0.15) is 44.0 Å². The predicted octanol–water partition coefficient (Wildman–Crippen LogP) is 3.21. The summed E-state index contributed by atoms with van der Waals surface area (Å²) < 4.78 is 5.90. The Morgan fingerprint density at radius 1 is 1.13 bits per heavy atom. The minimum Gasteiger partial charge on any atom is -0.303 e.